The van der Waals surface area contributed by atoms with E-state index < -0.39 is 248 Å². The first kappa shape index (κ1) is 63.6. The highest BCUT2D eigenvalue weighted by Crippen LogP contribution is 2.39. The molecule has 21 aliphatic rings. The number of rotatable bonds is 9. The van der Waals surface area contributed by atoms with Gasteiger partial charge in [0.2, 0.25) is 0 Å². The predicted octanol–water partition coefficient (Wildman–Crippen LogP) is -14.8. The first-order valence-corrected chi connectivity index (χ1v) is 25.7. The molecule has 14 bridgehead atoms. The molecule has 0 aliphatic carbocycles. The van der Waals surface area contributed by atoms with Crippen molar-refractivity contribution in [2.45, 2.75) is 215 Å². The van der Waals surface area contributed by atoms with Crippen molar-refractivity contribution in [1.82, 2.24) is 10.6 Å². The van der Waals surface area contributed by atoms with Gasteiger partial charge in [-0.1, -0.05) is 0 Å². The quantitative estimate of drug-likeness (QED) is 0.102. The van der Waals surface area contributed by atoms with Gasteiger partial charge in [-0.2, -0.15) is 0 Å². The second-order valence-corrected chi connectivity index (χ2v) is 20.4. The van der Waals surface area contributed by atoms with Crippen LogP contribution in [0, 0.1) is 0 Å². The van der Waals surface area contributed by atoms with Crippen LogP contribution in [0.2, 0.25) is 0 Å². The van der Waals surface area contributed by atoms with Crippen LogP contribution in [0.1, 0.15) is 0 Å². The van der Waals surface area contributed by atoms with Crippen molar-refractivity contribution in [1.29, 1.82) is 0 Å². The van der Waals surface area contributed by atoms with E-state index in [1.807, 2.05) is 0 Å². The lowest BCUT2D eigenvalue weighted by Crippen LogP contribution is -2.68. The van der Waals surface area contributed by atoms with E-state index in [9.17, 15) is 97.0 Å². The molecule has 0 radical (unpaired) electrons. The summed E-state index contributed by atoms with van der Waals surface area (Å²) in [5.41, 5.74) is 0. The van der Waals surface area contributed by atoms with Crippen LogP contribution in [0.25, 0.3) is 0 Å². The Bertz CT molecular complexity index is 1860. The van der Waals surface area contributed by atoms with Gasteiger partial charge in [0.15, 0.2) is 44.0 Å². The Kier molecular flexibility index (Phi) is 22.0. The van der Waals surface area contributed by atoms with Crippen molar-refractivity contribution < 1.29 is 163 Å². The first-order valence-electron chi connectivity index (χ1n) is 25.7. The number of aliphatic hydroxyl groups excluding tert-OH is 19. The van der Waals surface area contributed by atoms with Crippen molar-refractivity contribution in [3.63, 3.8) is 0 Å². The van der Waals surface area contributed by atoms with Crippen molar-refractivity contribution >= 4 is 0 Å². The number of likely N-dealkylation sites (N-methyl/N-ethyl adjacent to an activating group) is 2. The highest BCUT2D eigenvalue weighted by Gasteiger charge is 2.59. The fourth-order valence-corrected chi connectivity index (χ4v) is 10.9. The average molecular weight is 1160 g/mol. The molecular weight excluding hydrogens is 1080 g/mol. The molecule has 0 amide bonds. The van der Waals surface area contributed by atoms with Crippen molar-refractivity contribution in [2.75, 3.05) is 60.2 Å². The minimum Gasteiger partial charge on any atom is -0.394 e. The molecule has 35 nitrogen and oxygen atoms in total. The van der Waals surface area contributed by atoms with E-state index in [-0.39, 0.29) is 13.1 Å². The zero-order valence-corrected chi connectivity index (χ0v) is 42.4. The lowest BCUT2D eigenvalue weighted by atomic mass is 9.95. The predicted molar refractivity (Wildman–Crippen MR) is 242 cm³/mol. The van der Waals surface area contributed by atoms with Gasteiger partial charge in [0.25, 0.3) is 0 Å². The third-order valence-corrected chi connectivity index (χ3v) is 15.2. The van der Waals surface area contributed by atoms with Gasteiger partial charge >= 0.3 is 0 Å². The molecule has 35 atom stereocenters. The molecule has 0 saturated carbocycles. The van der Waals surface area contributed by atoms with Gasteiger partial charge in [-0.25, -0.2) is 0 Å². The van der Waals surface area contributed by atoms with Crippen LogP contribution in [0.3, 0.4) is 0 Å². The van der Waals surface area contributed by atoms with Crippen LogP contribution < -0.4 is 10.6 Å². The summed E-state index contributed by atoms with van der Waals surface area (Å²) in [5, 5.41) is 217. The normalized spacial score (nSPS) is 54.3. The summed E-state index contributed by atoms with van der Waals surface area (Å²) in [4.78, 5) is 0. The molecule has 21 aliphatic heterocycles. The zero-order valence-electron chi connectivity index (χ0n) is 42.4. The molecule has 35 unspecified atom stereocenters. The Balaban J connectivity index is 1.09. The maximum absolute atomic E-state index is 11.5. The van der Waals surface area contributed by atoms with Crippen molar-refractivity contribution in [3.05, 3.63) is 0 Å². The minimum atomic E-state index is -2.17. The summed E-state index contributed by atoms with van der Waals surface area (Å²) < 4.78 is 81.4. The smallest absolute Gasteiger partial charge is 0.187 e. The van der Waals surface area contributed by atoms with Crippen LogP contribution in [-0.4, -0.2) is 372 Å². The lowest BCUT2D eigenvalue weighted by molar-refractivity contribution is -0.395. The molecule has 21 N–H and O–H groups in total. The maximum atomic E-state index is 11.5. The Labute approximate surface area is 448 Å². The summed E-state index contributed by atoms with van der Waals surface area (Å²) in [7, 11) is 2.90. The molecule has 0 aromatic rings. The summed E-state index contributed by atoms with van der Waals surface area (Å²) in [6.07, 6.45) is -67.0. The highest BCUT2D eigenvalue weighted by atomic mass is 16.8. The third kappa shape index (κ3) is 12.8. The molecule has 21 heterocycles. The van der Waals surface area contributed by atoms with Gasteiger partial charge in [0.05, 0.1) is 33.0 Å². The number of hydrogen-bond acceptors (Lipinski definition) is 35. The summed E-state index contributed by atoms with van der Waals surface area (Å²) in [6.45, 7) is -5.44. The maximum Gasteiger partial charge on any atom is 0.187 e. The van der Waals surface area contributed by atoms with E-state index >= 15 is 0 Å². The number of nitrogens with one attached hydrogen (secondary N) is 2. The summed E-state index contributed by atoms with van der Waals surface area (Å²) in [6, 6.07) is 0. The summed E-state index contributed by atoms with van der Waals surface area (Å²) in [5.74, 6) is 0. The second-order valence-electron chi connectivity index (χ2n) is 20.4. The van der Waals surface area contributed by atoms with Gasteiger partial charge in [-0.15, -0.1) is 0 Å². The van der Waals surface area contributed by atoms with Crippen LogP contribution in [0.4, 0.5) is 0 Å². The largest absolute Gasteiger partial charge is 0.394 e. The van der Waals surface area contributed by atoms with Crippen molar-refractivity contribution in [2.24, 2.45) is 0 Å². The molecule has 21 rings (SSSR count). The average Bonchev–Trinajstić information content (AvgIpc) is 3.56. The third-order valence-electron chi connectivity index (χ3n) is 15.2. The fraction of sp³-hybridized carbons (Fsp3) is 1.00. The van der Waals surface area contributed by atoms with Gasteiger partial charge in [-0.3, -0.25) is 0 Å². The molecule has 0 spiro atoms. The molecule has 21 saturated heterocycles. The van der Waals surface area contributed by atoms with Gasteiger partial charge in [-0.05, 0) is 14.1 Å². The molecular formula is C44H76N2O33. The van der Waals surface area contributed by atoms with E-state index in [2.05, 4.69) is 10.6 Å². The summed E-state index contributed by atoms with van der Waals surface area (Å²) >= 11 is 0. The van der Waals surface area contributed by atoms with Crippen LogP contribution in [0.15, 0.2) is 0 Å². The van der Waals surface area contributed by atoms with Crippen molar-refractivity contribution in [3.8, 4) is 0 Å². The first-order chi connectivity index (χ1) is 37.7. The SMILES string of the molecule is CNCC1OC2OC3C(CO)OC(OC4C(CO)OC(OC5C(CNC)OC(OC6C(CO)OC(OC7C(CO)OC(OC8C(CO)OC(OC1C(O)C2O)C(O)C8O)C(O)C7O)C(O)C6O)C(O)C5O)C(O)C4O)C(O)C3O. The molecule has 0 aromatic carbocycles. The van der Waals surface area contributed by atoms with Crippen LogP contribution >= 0.6 is 0 Å². The standard InChI is InChI=1S/C44H76N2O33/c1-45-3-10-31-18(53)25(60)39(67-10)76-34-13(6-48)71-43(29(64)22(34)57)79-37-16(9-51)72-44(30(65)23(37)58)78-36-15(8-50)69-41(27(62)20(36)55)74-32-11(4-46-2)66-38(24(59)17(32)52)75-33-12(5-47)70-42(28(63)21(33)56)77-35-14(7-49)68-40(73-31)26(61)19(35)54/h10-65H,3-9H2,1-2H3. The number of ether oxygens (including phenoxy) is 14. The van der Waals surface area contributed by atoms with E-state index in [0.29, 0.717) is 0 Å². The monoisotopic (exact) mass is 1160 g/mol. The zero-order chi connectivity index (χ0) is 57.5. The lowest BCUT2D eigenvalue weighted by Gasteiger charge is -2.50. The van der Waals surface area contributed by atoms with E-state index in [4.69, 9.17) is 66.3 Å². The number of hydrogen-bond donors (Lipinski definition) is 21. The highest BCUT2D eigenvalue weighted by molar-refractivity contribution is 5.02. The molecule has 21 fully saturated rings. The Morgan fingerprint density at radius 3 is 0.494 bits per heavy atom. The minimum absolute atomic E-state index is 0.219. The molecule has 460 valence electrons. The van der Waals surface area contributed by atoms with Gasteiger partial charge < -0.3 is 174 Å². The van der Waals surface area contributed by atoms with Gasteiger partial charge in [0.1, 0.15) is 171 Å². The van der Waals surface area contributed by atoms with Gasteiger partial charge in [0, 0.05) is 13.1 Å². The molecule has 79 heavy (non-hydrogen) atoms. The molecule has 35 heteroatoms. The van der Waals surface area contributed by atoms with E-state index in [1.165, 1.54) is 14.1 Å². The number of aliphatic hydroxyl groups is 19. The van der Waals surface area contributed by atoms with E-state index in [1.54, 1.807) is 0 Å². The Morgan fingerprint density at radius 2 is 0.354 bits per heavy atom. The Morgan fingerprint density at radius 1 is 0.215 bits per heavy atom. The Hall–Kier alpha value is -1.40. The topological polar surface area (TPSA) is 538 Å². The van der Waals surface area contributed by atoms with Crippen LogP contribution in [-0.2, 0) is 66.3 Å². The fourth-order valence-electron chi connectivity index (χ4n) is 10.9. The van der Waals surface area contributed by atoms with Crippen LogP contribution in [0.5, 0.6) is 0 Å². The second kappa shape index (κ2) is 27.3. The van der Waals surface area contributed by atoms with E-state index in [0.717, 1.165) is 0 Å². The molecule has 0 aromatic heterocycles.